The van der Waals surface area contributed by atoms with Crippen LogP contribution in [0.15, 0.2) is 97.1 Å². The second kappa shape index (κ2) is 9.51. The van der Waals surface area contributed by atoms with Crippen LogP contribution in [0.4, 0.5) is 5.69 Å². The molecule has 4 fully saturated rings. The van der Waals surface area contributed by atoms with Crippen LogP contribution in [-0.2, 0) is 4.79 Å². The van der Waals surface area contributed by atoms with Crippen molar-refractivity contribution in [3.8, 4) is 5.75 Å². The number of amides is 1. The van der Waals surface area contributed by atoms with E-state index in [2.05, 4.69) is 101 Å². The highest BCUT2D eigenvalue weighted by molar-refractivity contribution is 6.08. The van der Waals surface area contributed by atoms with Crippen molar-refractivity contribution in [1.29, 1.82) is 0 Å². The van der Waals surface area contributed by atoms with Crippen molar-refractivity contribution >= 4 is 33.4 Å². The standard InChI is InChI=1S/C37H36N2O2/c1-41-30-8-6-7-28(20-30)35(39-33-11-4-2-9-31(33)32-10-3-5-12-34(32)39)27-13-15-29(16-14-27)38-36(40)37-21-24-17-25(22-37)19-26(18-24)23-37/h2-16,20,24-26,35H,17-19,21-23H2,1H3,(H,38,40)/t24?,25?,26?,35-,37?/m1/s1. The number of para-hydroxylation sites is 2. The number of aromatic nitrogens is 1. The Labute approximate surface area is 241 Å². The van der Waals surface area contributed by atoms with Crippen molar-refractivity contribution in [3.63, 3.8) is 0 Å². The lowest BCUT2D eigenvalue weighted by atomic mass is 9.49. The first-order valence-electron chi connectivity index (χ1n) is 15.1. The minimum absolute atomic E-state index is 0.0668. The lowest BCUT2D eigenvalue weighted by Gasteiger charge is -2.55. The minimum Gasteiger partial charge on any atom is -0.497 e. The molecule has 9 rings (SSSR count). The number of benzene rings is 4. The van der Waals surface area contributed by atoms with Crippen LogP contribution in [-0.4, -0.2) is 17.6 Å². The summed E-state index contributed by atoms with van der Waals surface area (Å²) in [7, 11) is 1.72. The number of rotatable bonds is 6. The largest absolute Gasteiger partial charge is 0.497 e. The maximum atomic E-state index is 13.7. The lowest BCUT2D eigenvalue weighted by molar-refractivity contribution is -0.140. The van der Waals surface area contributed by atoms with Crippen molar-refractivity contribution in [2.24, 2.45) is 23.2 Å². The van der Waals surface area contributed by atoms with E-state index in [4.69, 9.17) is 4.74 Å². The van der Waals surface area contributed by atoms with E-state index < -0.39 is 0 Å². The quantitative estimate of drug-likeness (QED) is 0.234. The molecule has 0 radical (unpaired) electrons. The monoisotopic (exact) mass is 540 g/mol. The van der Waals surface area contributed by atoms with Crippen LogP contribution in [0.25, 0.3) is 21.8 Å². The van der Waals surface area contributed by atoms with Crippen LogP contribution in [0.1, 0.15) is 55.7 Å². The van der Waals surface area contributed by atoms with Gasteiger partial charge in [-0.3, -0.25) is 4.79 Å². The average molecular weight is 541 g/mol. The number of carbonyl (C=O) groups excluding carboxylic acids is 1. The van der Waals surface area contributed by atoms with Gasteiger partial charge in [-0.2, -0.15) is 0 Å². The van der Waals surface area contributed by atoms with E-state index in [9.17, 15) is 4.79 Å². The van der Waals surface area contributed by atoms with E-state index in [1.165, 1.54) is 41.1 Å². The number of anilines is 1. The Morgan fingerprint density at radius 3 is 1.93 bits per heavy atom. The molecule has 4 aliphatic rings. The van der Waals surface area contributed by atoms with E-state index in [-0.39, 0.29) is 17.4 Å². The summed E-state index contributed by atoms with van der Waals surface area (Å²) in [5, 5.41) is 5.84. The van der Waals surface area contributed by atoms with Gasteiger partial charge in [0, 0.05) is 27.5 Å². The van der Waals surface area contributed by atoms with E-state index in [0.717, 1.165) is 59.6 Å². The zero-order valence-electron chi connectivity index (χ0n) is 23.6. The lowest BCUT2D eigenvalue weighted by Crippen LogP contribution is -2.51. The number of methoxy groups -OCH3 is 1. The first kappa shape index (κ1) is 24.7. The topological polar surface area (TPSA) is 43.3 Å². The Bertz CT molecular complexity index is 1680. The van der Waals surface area contributed by atoms with Crippen LogP contribution in [0.5, 0.6) is 5.75 Å². The summed E-state index contributed by atoms with van der Waals surface area (Å²) in [6.45, 7) is 0. The van der Waals surface area contributed by atoms with Gasteiger partial charge in [0.05, 0.1) is 18.6 Å². The van der Waals surface area contributed by atoms with Crippen molar-refractivity contribution in [2.75, 3.05) is 12.4 Å². The van der Waals surface area contributed by atoms with Gasteiger partial charge >= 0.3 is 0 Å². The van der Waals surface area contributed by atoms with Crippen molar-refractivity contribution < 1.29 is 9.53 Å². The number of ether oxygens (including phenoxy) is 1. The Balaban J connectivity index is 1.18. The predicted octanol–water partition coefficient (Wildman–Crippen LogP) is 8.60. The highest BCUT2D eigenvalue weighted by atomic mass is 16.5. The molecular weight excluding hydrogens is 504 g/mol. The van der Waals surface area contributed by atoms with Crippen molar-refractivity contribution in [1.82, 2.24) is 4.57 Å². The fourth-order valence-corrected chi connectivity index (χ4v) is 8.93. The fraction of sp³-hybridized carbons (Fsp3) is 0.324. The van der Waals surface area contributed by atoms with Gasteiger partial charge in [-0.1, -0.05) is 60.7 Å². The molecule has 1 heterocycles. The maximum absolute atomic E-state index is 13.7. The molecule has 1 N–H and O–H groups in total. The average Bonchev–Trinajstić information content (AvgIpc) is 3.32. The van der Waals surface area contributed by atoms with E-state index in [1.807, 2.05) is 6.07 Å². The minimum atomic E-state index is -0.153. The SMILES string of the molecule is COc1cccc([C@@H](c2ccc(NC(=O)C34CC5CC(CC(C5)C3)C4)cc2)n2c3ccccc3c3ccccc32)c1. The summed E-state index contributed by atoms with van der Waals surface area (Å²) >= 11 is 0. The first-order chi connectivity index (χ1) is 20.1. The number of nitrogens with one attached hydrogen (secondary N) is 1. The molecule has 0 aliphatic heterocycles. The third-order valence-corrected chi connectivity index (χ3v) is 10.3. The van der Waals surface area contributed by atoms with Crippen LogP contribution < -0.4 is 10.1 Å². The Kier molecular flexibility index (Phi) is 5.73. The molecule has 1 atom stereocenters. The van der Waals surface area contributed by atoms with Crippen LogP contribution in [0, 0.1) is 23.2 Å². The third-order valence-electron chi connectivity index (χ3n) is 10.3. The molecule has 4 bridgehead atoms. The molecule has 0 saturated heterocycles. The molecule has 206 valence electrons. The Morgan fingerprint density at radius 1 is 0.756 bits per heavy atom. The van der Waals surface area contributed by atoms with Gasteiger partial charge < -0.3 is 14.6 Å². The van der Waals surface area contributed by atoms with Gasteiger partial charge in [-0.15, -0.1) is 0 Å². The third kappa shape index (κ3) is 4.07. The van der Waals surface area contributed by atoms with Gasteiger partial charge in [-0.05, 0) is 104 Å². The predicted molar refractivity (Wildman–Crippen MR) is 165 cm³/mol. The molecule has 0 unspecified atom stereocenters. The van der Waals surface area contributed by atoms with Crippen molar-refractivity contribution in [2.45, 2.75) is 44.6 Å². The van der Waals surface area contributed by atoms with Crippen LogP contribution in [0.2, 0.25) is 0 Å². The number of nitrogens with zero attached hydrogens (tertiary/aromatic N) is 1. The summed E-state index contributed by atoms with van der Waals surface area (Å²) in [5.41, 5.74) is 5.45. The van der Waals surface area contributed by atoms with Crippen molar-refractivity contribution in [3.05, 3.63) is 108 Å². The van der Waals surface area contributed by atoms with Gasteiger partial charge in [0.15, 0.2) is 0 Å². The molecule has 4 aliphatic carbocycles. The molecule has 0 spiro atoms. The highest BCUT2D eigenvalue weighted by Crippen LogP contribution is 2.60. The second-order valence-electron chi connectivity index (χ2n) is 12.9. The normalized spacial score (nSPS) is 25.4. The molecule has 4 saturated carbocycles. The van der Waals surface area contributed by atoms with Crippen LogP contribution in [0.3, 0.4) is 0 Å². The molecule has 5 aromatic rings. The first-order valence-corrected chi connectivity index (χ1v) is 15.1. The zero-order chi connectivity index (χ0) is 27.6. The Hall–Kier alpha value is -4.05. The summed E-state index contributed by atoms with van der Waals surface area (Å²) < 4.78 is 8.09. The van der Waals surface area contributed by atoms with E-state index >= 15 is 0 Å². The second-order valence-corrected chi connectivity index (χ2v) is 12.9. The number of fused-ring (bicyclic) bond motifs is 3. The summed E-state index contributed by atoms with van der Waals surface area (Å²) in [5.74, 6) is 3.35. The number of hydrogen-bond acceptors (Lipinski definition) is 2. The van der Waals surface area contributed by atoms with Gasteiger partial charge in [0.25, 0.3) is 0 Å². The number of hydrogen-bond donors (Lipinski definition) is 1. The molecule has 1 amide bonds. The summed E-state index contributed by atoms with van der Waals surface area (Å²) in [6, 6.07) is 34.2. The number of carbonyl (C=O) groups is 1. The summed E-state index contributed by atoms with van der Waals surface area (Å²) in [6.07, 6.45) is 7.26. The highest BCUT2D eigenvalue weighted by Gasteiger charge is 2.54. The molecule has 4 aromatic carbocycles. The molecule has 1 aromatic heterocycles. The molecular formula is C37H36N2O2. The Morgan fingerprint density at radius 2 is 1.34 bits per heavy atom. The molecule has 4 heteroatoms. The van der Waals surface area contributed by atoms with Gasteiger partial charge in [0.2, 0.25) is 5.91 Å². The van der Waals surface area contributed by atoms with E-state index in [1.54, 1.807) is 7.11 Å². The van der Waals surface area contributed by atoms with Gasteiger partial charge in [0.1, 0.15) is 5.75 Å². The fourth-order valence-electron chi connectivity index (χ4n) is 8.93. The van der Waals surface area contributed by atoms with Gasteiger partial charge in [-0.25, -0.2) is 0 Å². The maximum Gasteiger partial charge on any atom is 0.230 e. The molecule has 4 nitrogen and oxygen atoms in total. The smallest absolute Gasteiger partial charge is 0.230 e. The zero-order valence-corrected chi connectivity index (χ0v) is 23.6. The summed E-state index contributed by atoms with van der Waals surface area (Å²) in [4.78, 5) is 13.7. The van der Waals surface area contributed by atoms with E-state index in [0.29, 0.717) is 0 Å². The molecule has 41 heavy (non-hydrogen) atoms. The van der Waals surface area contributed by atoms with Crippen LogP contribution >= 0.6 is 0 Å².